The second kappa shape index (κ2) is 9.60. The molecule has 8 nitrogen and oxygen atoms in total. The molecule has 2 amide bonds. The molecule has 0 unspecified atom stereocenters. The van der Waals surface area contributed by atoms with Gasteiger partial charge in [-0.25, -0.2) is 9.78 Å². The molecule has 0 spiro atoms. The van der Waals surface area contributed by atoms with Gasteiger partial charge >= 0.3 is 6.03 Å². The average molecular weight is 407 g/mol. The fourth-order valence-corrected chi connectivity index (χ4v) is 2.72. The van der Waals surface area contributed by atoms with Gasteiger partial charge in [0.1, 0.15) is 17.4 Å². The summed E-state index contributed by atoms with van der Waals surface area (Å²) in [5, 5.41) is 8.78. The Morgan fingerprint density at radius 3 is 2.37 bits per heavy atom. The summed E-state index contributed by atoms with van der Waals surface area (Å²) in [4.78, 5) is 20.9. The highest BCUT2D eigenvalue weighted by Gasteiger charge is 2.08. The molecule has 3 aromatic rings. The van der Waals surface area contributed by atoms with E-state index in [0.29, 0.717) is 34.6 Å². The zero-order chi connectivity index (χ0) is 21.5. The predicted octanol–water partition coefficient (Wildman–Crippen LogP) is 4.97. The zero-order valence-electron chi connectivity index (χ0n) is 17.4. The number of aromatic nitrogens is 2. The Balaban J connectivity index is 1.62. The highest BCUT2D eigenvalue weighted by atomic mass is 16.5. The van der Waals surface area contributed by atoms with Gasteiger partial charge in [-0.05, 0) is 57.2 Å². The number of rotatable bonds is 7. The Labute approximate surface area is 175 Å². The number of carbonyl (C=O) groups is 1. The second-order valence-electron chi connectivity index (χ2n) is 6.79. The van der Waals surface area contributed by atoms with Crippen molar-refractivity contribution in [2.75, 3.05) is 23.1 Å². The number of para-hydroxylation sites is 2. The van der Waals surface area contributed by atoms with Gasteiger partial charge in [0.25, 0.3) is 0 Å². The maximum absolute atomic E-state index is 12.3. The predicted molar refractivity (Wildman–Crippen MR) is 118 cm³/mol. The molecule has 3 N–H and O–H groups in total. The number of nitrogens with zero attached hydrogens (tertiary/aromatic N) is 2. The van der Waals surface area contributed by atoms with Crippen molar-refractivity contribution < 1.29 is 14.3 Å². The van der Waals surface area contributed by atoms with Gasteiger partial charge in [-0.2, -0.15) is 4.98 Å². The first kappa shape index (κ1) is 20.9. The highest BCUT2D eigenvalue weighted by molar-refractivity contribution is 6.00. The van der Waals surface area contributed by atoms with Gasteiger partial charge < -0.3 is 25.4 Å². The maximum atomic E-state index is 12.3. The number of benzene rings is 2. The average Bonchev–Trinajstić information content (AvgIpc) is 2.69. The fourth-order valence-electron chi connectivity index (χ4n) is 2.72. The molecule has 0 saturated heterocycles. The van der Waals surface area contributed by atoms with Crippen LogP contribution < -0.4 is 25.4 Å². The van der Waals surface area contributed by atoms with Gasteiger partial charge in [0.15, 0.2) is 0 Å². The number of aryl methyl sites for hydroxylation is 1. The van der Waals surface area contributed by atoms with E-state index in [1.165, 1.54) is 0 Å². The second-order valence-corrected chi connectivity index (χ2v) is 6.79. The summed E-state index contributed by atoms with van der Waals surface area (Å²) >= 11 is 0. The maximum Gasteiger partial charge on any atom is 0.323 e. The van der Waals surface area contributed by atoms with Crippen LogP contribution in [0.25, 0.3) is 0 Å². The molecular weight excluding hydrogens is 382 g/mol. The van der Waals surface area contributed by atoms with Gasteiger partial charge in [-0.15, -0.1) is 0 Å². The Hall–Kier alpha value is -3.81. The van der Waals surface area contributed by atoms with Crippen molar-refractivity contribution >= 4 is 28.9 Å². The third kappa shape index (κ3) is 5.84. The summed E-state index contributed by atoms with van der Waals surface area (Å²) in [7, 11) is 1.56. The molecule has 0 radical (unpaired) electrons. The Morgan fingerprint density at radius 1 is 0.967 bits per heavy atom. The van der Waals surface area contributed by atoms with Crippen molar-refractivity contribution in [2.45, 2.75) is 26.9 Å². The Morgan fingerprint density at radius 2 is 1.67 bits per heavy atom. The molecule has 1 aromatic heterocycles. The molecule has 8 heteroatoms. The van der Waals surface area contributed by atoms with Crippen molar-refractivity contribution in [2.24, 2.45) is 0 Å². The summed E-state index contributed by atoms with van der Waals surface area (Å²) in [5.74, 6) is 2.36. The van der Waals surface area contributed by atoms with Gasteiger partial charge in [0.05, 0.1) is 18.9 Å². The molecule has 30 heavy (non-hydrogen) atoms. The smallest absolute Gasteiger partial charge is 0.323 e. The van der Waals surface area contributed by atoms with Gasteiger partial charge in [-0.1, -0.05) is 12.1 Å². The van der Waals surface area contributed by atoms with E-state index in [9.17, 15) is 4.79 Å². The number of urea groups is 1. The lowest BCUT2D eigenvalue weighted by atomic mass is 10.2. The third-order valence-electron chi connectivity index (χ3n) is 3.94. The molecule has 0 aliphatic rings. The number of nitrogens with one attached hydrogen (secondary N) is 3. The summed E-state index contributed by atoms with van der Waals surface area (Å²) in [6.45, 7) is 5.70. The van der Waals surface area contributed by atoms with Crippen LogP contribution in [0.5, 0.6) is 11.6 Å². The summed E-state index contributed by atoms with van der Waals surface area (Å²) in [6.07, 6.45) is 0.0273. The quantitative estimate of drug-likeness (QED) is 0.512. The van der Waals surface area contributed by atoms with Crippen LogP contribution >= 0.6 is 0 Å². The van der Waals surface area contributed by atoms with Crippen LogP contribution in [0.1, 0.15) is 19.7 Å². The summed E-state index contributed by atoms with van der Waals surface area (Å²) in [5.41, 5.74) is 2.06. The summed E-state index contributed by atoms with van der Waals surface area (Å²) in [6, 6.07) is 15.9. The van der Waals surface area contributed by atoms with Crippen molar-refractivity contribution in [3.05, 3.63) is 60.4 Å². The minimum atomic E-state index is -0.359. The molecular formula is C22H25N5O3. The molecule has 0 fully saturated rings. The van der Waals surface area contributed by atoms with E-state index >= 15 is 0 Å². The van der Waals surface area contributed by atoms with Gasteiger partial charge in [0, 0.05) is 17.4 Å². The first-order chi connectivity index (χ1) is 14.4. The van der Waals surface area contributed by atoms with Crippen LogP contribution in [-0.2, 0) is 0 Å². The molecule has 0 bridgehead atoms. The topological polar surface area (TPSA) is 97.4 Å². The first-order valence-electron chi connectivity index (χ1n) is 9.53. The number of amides is 2. The van der Waals surface area contributed by atoms with E-state index < -0.39 is 0 Å². The normalized spacial score (nSPS) is 10.4. The molecule has 3 rings (SSSR count). The summed E-state index contributed by atoms with van der Waals surface area (Å²) < 4.78 is 10.9. The van der Waals surface area contributed by atoms with Crippen LogP contribution in [0.3, 0.4) is 0 Å². The van der Waals surface area contributed by atoms with E-state index in [4.69, 9.17) is 9.47 Å². The lowest BCUT2D eigenvalue weighted by Crippen LogP contribution is -2.19. The Kier molecular flexibility index (Phi) is 6.69. The van der Waals surface area contributed by atoms with Gasteiger partial charge in [0.2, 0.25) is 5.88 Å². The van der Waals surface area contributed by atoms with Crippen LogP contribution in [-0.4, -0.2) is 29.2 Å². The van der Waals surface area contributed by atoms with Crippen molar-refractivity contribution in [3.63, 3.8) is 0 Å². The number of methoxy groups -OCH3 is 1. The van der Waals surface area contributed by atoms with E-state index in [1.54, 1.807) is 37.4 Å². The first-order valence-corrected chi connectivity index (χ1v) is 9.53. The van der Waals surface area contributed by atoms with E-state index in [2.05, 4.69) is 25.9 Å². The molecule has 1 heterocycles. The van der Waals surface area contributed by atoms with E-state index in [1.807, 2.05) is 45.0 Å². The molecule has 0 aliphatic heterocycles. The van der Waals surface area contributed by atoms with Crippen LogP contribution in [0.2, 0.25) is 0 Å². The lowest BCUT2D eigenvalue weighted by molar-refractivity contribution is 0.232. The van der Waals surface area contributed by atoms with E-state index in [0.717, 1.165) is 5.69 Å². The monoisotopic (exact) mass is 407 g/mol. The van der Waals surface area contributed by atoms with Crippen LogP contribution in [0.15, 0.2) is 54.6 Å². The molecule has 0 saturated carbocycles. The standard InChI is InChI=1S/C22H25N5O3/c1-14(2)30-21-13-20(23-15(3)24-21)25-16-9-11-17(12-10-16)26-22(28)27-18-7-5-6-8-19(18)29-4/h5-14H,1-4H3,(H,23,24,25)(H2,26,27,28). The molecule has 0 atom stereocenters. The zero-order valence-corrected chi connectivity index (χ0v) is 17.4. The van der Waals surface area contributed by atoms with Crippen LogP contribution in [0, 0.1) is 6.92 Å². The largest absolute Gasteiger partial charge is 0.495 e. The van der Waals surface area contributed by atoms with Crippen LogP contribution in [0.4, 0.5) is 27.7 Å². The number of ether oxygens (including phenoxy) is 2. The number of hydrogen-bond acceptors (Lipinski definition) is 6. The van der Waals surface area contributed by atoms with Crippen molar-refractivity contribution in [3.8, 4) is 11.6 Å². The molecule has 2 aromatic carbocycles. The lowest BCUT2D eigenvalue weighted by Gasteiger charge is -2.13. The van der Waals surface area contributed by atoms with Crippen molar-refractivity contribution in [1.29, 1.82) is 0 Å². The minimum absolute atomic E-state index is 0.0273. The number of hydrogen-bond donors (Lipinski definition) is 3. The minimum Gasteiger partial charge on any atom is -0.495 e. The molecule has 0 aliphatic carbocycles. The third-order valence-corrected chi connectivity index (χ3v) is 3.94. The SMILES string of the molecule is COc1ccccc1NC(=O)Nc1ccc(Nc2cc(OC(C)C)nc(C)n2)cc1. The fraction of sp³-hybridized carbons (Fsp3) is 0.227. The molecule has 156 valence electrons. The highest BCUT2D eigenvalue weighted by Crippen LogP contribution is 2.24. The Bertz CT molecular complexity index is 1010. The van der Waals surface area contributed by atoms with E-state index in [-0.39, 0.29) is 12.1 Å². The number of carbonyl (C=O) groups excluding carboxylic acids is 1. The van der Waals surface area contributed by atoms with Crippen molar-refractivity contribution in [1.82, 2.24) is 9.97 Å². The van der Waals surface area contributed by atoms with Gasteiger partial charge in [-0.3, -0.25) is 0 Å². The number of anilines is 4.